The van der Waals surface area contributed by atoms with Crippen LogP contribution >= 0.6 is 0 Å². The maximum absolute atomic E-state index is 5.17. The van der Waals surface area contributed by atoms with Crippen LogP contribution in [-0.2, 0) is 4.74 Å². The predicted octanol–water partition coefficient (Wildman–Crippen LogP) is 3.46. The van der Waals surface area contributed by atoms with Gasteiger partial charge in [0, 0.05) is 19.8 Å². The summed E-state index contributed by atoms with van der Waals surface area (Å²) in [5, 5.41) is 3.69. The molecular weight excluding hydrogens is 198 g/mol. The van der Waals surface area contributed by atoms with Crippen molar-refractivity contribution in [2.24, 2.45) is 11.8 Å². The van der Waals surface area contributed by atoms with Gasteiger partial charge in [0.25, 0.3) is 0 Å². The SMILES string of the molecule is CCCNC(CC(C)CC)C(C)CCOC. The highest BCUT2D eigenvalue weighted by Gasteiger charge is 2.18. The minimum Gasteiger partial charge on any atom is -0.385 e. The largest absolute Gasteiger partial charge is 0.385 e. The third-order valence-electron chi connectivity index (χ3n) is 3.47. The van der Waals surface area contributed by atoms with Crippen LogP contribution in [0.5, 0.6) is 0 Å². The van der Waals surface area contributed by atoms with Crippen LogP contribution in [0.1, 0.15) is 53.4 Å². The molecule has 0 aliphatic heterocycles. The standard InChI is InChI=1S/C14H31NO/c1-6-9-15-14(11-12(3)7-2)13(4)8-10-16-5/h12-15H,6-11H2,1-5H3. The molecular formula is C14H31NO. The molecule has 3 unspecified atom stereocenters. The van der Waals surface area contributed by atoms with E-state index in [1.165, 1.54) is 19.3 Å². The third-order valence-corrected chi connectivity index (χ3v) is 3.47. The molecule has 16 heavy (non-hydrogen) atoms. The van der Waals surface area contributed by atoms with Gasteiger partial charge in [-0.3, -0.25) is 0 Å². The van der Waals surface area contributed by atoms with Gasteiger partial charge in [-0.1, -0.05) is 34.1 Å². The molecule has 2 nitrogen and oxygen atoms in total. The van der Waals surface area contributed by atoms with Crippen molar-refractivity contribution in [2.75, 3.05) is 20.3 Å². The fourth-order valence-electron chi connectivity index (χ4n) is 1.95. The van der Waals surface area contributed by atoms with Gasteiger partial charge in [-0.2, -0.15) is 0 Å². The van der Waals surface area contributed by atoms with Gasteiger partial charge in [-0.05, 0) is 37.6 Å². The molecule has 0 aliphatic rings. The molecule has 0 bridgehead atoms. The van der Waals surface area contributed by atoms with Crippen molar-refractivity contribution in [1.29, 1.82) is 0 Å². The summed E-state index contributed by atoms with van der Waals surface area (Å²) in [7, 11) is 1.79. The molecule has 3 atom stereocenters. The number of ether oxygens (including phenoxy) is 1. The molecule has 1 N–H and O–H groups in total. The summed E-state index contributed by atoms with van der Waals surface area (Å²) in [4.78, 5) is 0. The quantitative estimate of drug-likeness (QED) is 0.619. The zero-order valence-corrected chi connectivity index (χ0v) is 11.9. The maximum atomic E-state index is 5.17. The van der Waals surface area contributed by atoms with E-state index in [1.54, 1.807) is 7.11 Å². The first-order valence-electron chi connectivity index (χ1n) is 6.87. The molecule has 0 rings (SSSR count). The molecule has 98 valence electrons. The average molecular weight is 229 g/mol. The van der Waals surface area contributed by atoms with Crippen LogP contribution < -0.4 is 5.32 Å². The maximum Gasteiger partial charge on any atom is 0.0465 e. The molecule has 0 saturated heterocycles. The van der Waals surface area contributed by atoms with Crippen molar-refractivity contribution in [3.8, 4) is 0 Å². The lowest BCUT2D eigenvalue weighted by molar-refractivity contribution is 0.165. The first-order valence-corrected chi connectivity index (χ1v) is 6.87. The van der Waals surface area contributed by atoms with E-state index in [2.05, 4.69) is 33.0 Å². The Morgan fingerprint density at radius 1 is 1.19 bits per heavy atom. The van der Waals surface area contributed by atoms with Crippen LogP contribution in [0.4, 0.5) is 0 Å². The van der Waals surface area contributed by atoms with Gasteiger partial charge in [0.15, 0.2) is 0 Å². The van der Waals surface area contributed by atoms with E-state index >= 15 is 0 Å². The molecule has 0 aromatic heterocycles. The molecule has 0 heterocycles. The first-order chi connectivity index (χ1) is 7.65. The minimum atomic E-state index is 0.657. The predicted molar refractivity (Wildman–Crippen MR) is 71.8 cm³/mol. The normalized spacial score (nSPS) is 17.1. The fourth-order valence-corrected chi connectivity index (χ4v) is 1.95. The molecule has 0 amide bonds. The molecule has 0 aliphatic carbocycles. The molecule has 0 aromatic carbocycles. The smallest absolute Gasteiger partial charge is 0.0465 e. The molecule has 0 aromatic rings. The lowest BCUT2D eigenvalue weighted by Gasteiger charge is -2.27. The van der Waals surface area contributed by atoms with Crippen LogP contribution in [0.15, 0.2) is 0 Å². The third kappa shape index (κ3) is 7.24. The minimum absolute atomic E-state index is 0.657. The van der Waals surface area contributed by atoms with Gasteiger partial charge in [-0.15, -0.1) is 0 Å². The Hall–Kier alpha value is -0.0800. The zero-order chi connectivity index (χ0) is 12.4. The molecule has 0 saturated carbocycles. The van der Waals surface area contributed by atoms with Gasteiger partial charge in [0.1, 0.15) is 0 Å². The Balaban J connectivity index is 4.05. The Morgan fingerprint density at radius 2 is 1.88 bits per heavy atom. The summed E-state index contributed by atoms with van der Waals surface area (Å²) in [5.74, 6) is 1.53. The first kappa shape index (κ1) is 15.9. The summed E-state index contributed by atoms with van der Waals surface area (Å²) in [5.41, 5.74) is 0. The number of nitrogens with one attached hydrogen (secondary N) is 1. The molecule has 2 heteroatoms. The van der Waals surface area contributed by atoms with Crippen molar-refractivity contribution in [1.82, 2.24) is 5.32 Å². The Labute approximate surface area is 102 Å². The monoisotopic (exact) mass is 229 g/mol. The van der Waals surface area contributed by atoms with Gasteiger partial charge in [0.2, 0.25) is 0 Å². The van der Waals surface area contributed by atoms with Gasteiger partial charge in [-0.25, -0.2) is 0 Å². The van der Waals surface area contributed by atoms with Gasteiger partial charge >= 0.3 is 0 Å². The number of methoxy groups -OCH3 is 1. The van der Waals surface area contributed by atoms with Gasteiger partial charge in [0.05, 0.1) is 0 Å². The second kappa shape index (κ2) is 10.1. The highest BCUT2D eigenvalue weighted by atomic mass is 16.5. The van der Waals surface area contributed by atoms with E-state index in [1.807, 2.05) is 0 Å². The Kier molecular flexibility index (Phi) is 10.0. The van der Waals surface area contributed by atoms with Crippen molar-refractivity contribution < 1.29 is 4.74 Å². The van der Waals surface area contributed by atoms with Crippen molar-refractivity contribution in [3.05, 3.63) is 0 Å². The number of hydrogen-bond donors (Lipinski definition) is 1. The summed E-state index contributed by atoms with van der Waals surface area (Å²) in [6.07, 6.45) is 4.95. The van der Waals surface area contributed by atoms with Crippen LogP contribution in [0.3, 0.4) is 0 Å². The van der Waals surface area contributed by atoms with Gasteiger partial charge < -0.3 is 10.1 Å². The van der Waals surface area contributed by atoms with Crippen LogP contribution in [-0.4, -0.2) is 26.3 Å². The van der Waals surface area contributed by atoms with Crippen LogP contribution in [0.2, 0.25) is 0 Å². The Bertz CT molecular complexity index is 150. The Morgan fingerprint density at radius 3 is 2.38 bits per heavy atom. The van der Waals surface area contributed by atoms with Crippen molar-refractivity contribution in [2.45, 2.75) is 59.4 Å². The number of hydrogen-bond acceptors (Lipinski definition) is 2. The van der Waals surface area contributed by atoms with E-state index in [-0.39, 0.29) is 0 Å². The highest BCUT2D eigenvalue weighted by Crippen LogP contribution is 2.18. The topological polar surface area (TPSA) is 21.3 Å². The zero-order valence-electron chi connectivity index (χ0n) is 11.9. The van der Waals surface area contributed by atoms with E-state index in [9.17, 15) is 0 Å². The summed E-state index contributed by atoms with van der Waals surface area (Å²) >= 11 is 0. The van der Waals surface area contributed by atoms with Crippen molar-refractivity contribution in [3.63, 3.8) is 0 Å². The molecule has 0 radical (unpaired) electrons. The van der Waals surface area contributed by atoms with Crippen LogP contribution in [0, 0.1) is 11.8 Å². The molecule has 0 fully saturated rings. The van der Waals surface area contributed by atoms with E-state index in [0.717, 1.165) is 25.5 Å². The lowest BCUT2D eigenvalue weighted by atomic mass is 9.89. The summed E-state index contributed by atoms with van der Waals surface area (Å²) in [6, 6.07) is 0.657. The van der Waals surface area contributed by atoms with Crippen molar-refractivity contribution >= 4 is 0 Å². The fraction of sp³-hybridized carbons (Fsp3) is 1.00. The van der Waals surface area contributed by atoms with E-state index < -0.39 is 0 Å². The second-order valence-electron chi connectivity index (χ2n) is 5.07. The van der Waals surface area contributed by atoms with E-state index in [4.69, 9.17) is 4.74 Å². The second-order valence-corrected chi connectivity index (χ2v) is 5.07. The number of rotatable bonds is 10. The molecule has 0 spiro atoms. The summed E-state index contributed by atoms with van der Waals surface area (Å²) in [6.45, 7) is 11.2. The summed E-state index contributed by atoms with van der Waals surface area (Å²) < 4.78 is 5.17. The van der Waals surface area contributed by atoms with Crippen LogP contribution in [0.25, 0.3) is 0 Å². The average Bonchev–Trinajstić information content (AvgIpc) is 2.30. The van der Waals surface area contributed by atoms with E-state index in [0.29, 0.717) is 12.0 Å². The highest BCUT2D eigenvalue weighted by molar-refractivity contribution is 4.75. The lowest BCUT2D eigenvalue weighted by Crippen LogP contribution is -2.37.